The lowest BCUT2D eigenvalue weighted by molar-refractivity contribution is -0.131. The molecule has 4 atom stereocenters. The molecule has 3 aliphatic rings. The Morgan fingerprint density at radius 1 is 1.38 bits per heavy atom. The number of anilines is 1. The summed E-state index contributed by atoms with van der Waals surface area (Å²) in [6.07, 6.45) is 7.36. The second kappa shape index (κ2) is 8.46. The Bertz CT molecular complexity index is 853. The lowest BCUT2D eigenvalue weighted by Gasteiger charge is -2.62. The average Bonchev–Trinajstić information content (AvgIpc) is 2.68. The molecule has 1 amide bonds. The lowest BCUT2D eigenvalue weighted by Crippen LogP contribution is -2.58. The normalized spacial score (nSPS) is 26.9. The summed E-state index contributed by atoms with van der Waals surface area (Å²) in [6.45, 7) is 15.1. The summed E-state index contributed by atoms with van der Waals surface area (Å²) in [5.74, 6) is 1.78. The Kier molecular flexibility index (Phi) is 6.36. The van der Waals surface area contributed by atoms with Gasteiger partial charge in [0, 0.05) is 19.1 Å². The van der Waals surface area contributed by atoms with Gasteiger partial charge in [-0.05, 0) is 51.9 Å². The molecule has 0 aromatic carbocycles. The molecule has 3 aliphatic carbocycles. The van der Waals surface area contributed by atoms with Crippen molar-refractivity contribution in [3.63, 3.8) is 0 Å². The highest BCUT2D eigenvalue weighted by atomic mass is 79.9. The highest BCUT2D eigenvalue weighted by Crippen LogP contribution is 2.61. The van der Waals surface area contributed by atoms with E-state index in [0.717, 1.165) is 12.3 Å². The number of carbonyl (C=O) groups is 1. The van der Waals surface area contributed by atoms with Crippen molar-refractivity contribution >= 4 is 27.5 Å². The molecule has 1 aromatic rings. The third-order valence-electron chi connectivity index (χ3n) is 7.02. The fraction of sp³-hybridized carbons (Fsp3) is 0.591. The molecule has 29 heavy (non-hydrogen) atoms. The average molecular weight is 463 g/mol. The van der Waals surface area contributed by atoms with Crippen molar-refractivity contribution in [1.29, 1.82) is 0 Å². The molecule has 3 fully saturated rings. The molecule has 0 saturated heterocycles. The van der Waals surface area contributed by atoms with E-state index in [1.165, 1.54) is 11.1 Å². The van der Waals surface area contributed by atoms with E-state index in [2.05, 4.69) is 60.3 Å². The fourth-order valence-electron chi connectivity index (χ4n) is 5.04. The van der Waals surface area contributed by atoms with Crippen LogP contribution in [0.25, 0.3) is 0 Å². The van der Waals surface area contributed by atoms with Gasteiger partial charge >= 0.3 is 0 Å². The van der Waals surface area contributed by atoms with Gasteiger partial charge in [0.05, 0.1) is 11.9 Å². The van der Waals surface area contributed by atoms with E-state index in [1.807, 2.05) is 0 Å². The zero-order chi connectivity index (χ0) is 21.3. The minimum absolute atomic E-state index is 0.114. The molecule has 6 nitrogen and oxygen atoms in total. The van der Waals surface area contributed by atoms with Gasteiger partial charge in [0.1, 0.15) is 11.0 Å². The van der Waals surface area contributed by atoms with Gasteiger partial charge in [-0.15, -0.1) is 13.2 Å². The molecular weight excluding hydrogens is 432 g/mol. The van der Waals surface area contributed by atoms with Gasteiger partial charge in [-0.3, -0.25) is 9.59 Å². The summed E-state index contributed by atoms with van der Waals surface area (Å²) in [5, 5.41) is 7.78. The lowest BCUT2D eigenvalue weighted by atomic mass is 9.45. The maximum absolute atomic E-state index is 12.8. The van der Waals surface area contributed by atoms with Crippen LogP contribution in [-0.4, -0.2) is 39.7 Å². The van der Waals surface area contributed by atoms with Crippen LogP contribution >= 0.6 is 15.9 Å². The minimum atomic E-state index is -0.311. The van der Waals surface area contributed by atoms with Crippen molar-refractivity contribution in [2.75, 3.05) is 18.4 Å². The molecule has 4 rings (SSSR count). The van der Waals surface area contributed by atoms with E-state index in [4.69, 9.17) is 0 Å². The largest absolute Gasteiger partial charge is 0.380 e. The second-order valence-corrected chi connectivity index (χ2v) is 9.71. The number of fused-ring (bicyclic) bond motifs is 2. The van der Waals surface area contributed by atoms with Crippen LogP contribution in [0.4, 0.5) is 5.69 Å². The highest BCUT2D eigenvalue weighted by Gasteiger charge is 2.56. The molecule has 1 heterocycles. The Hall–Kier alpha value is -1.89. The third-order valence-corrected chi connectivity index (χ3v) is 7.78. The highest BCUT2D eigenvalue weighted by molar-refractivity contribution is 9.10. The van der Waals surface area contributed by atoms with Gasteiger partial charge in [0.2, 0.25) is 5.91 Å². The zero-order valence-corrected chi connectivity index (χ0v) is 19.1. The van der Waals surface area contributed by atoms with Gasteiger partial charge in [0.15, 0.2) is 0 Å². The van der Waals surface area contributed by atoms with E-state index < -0.39 is 0 Å². The fourth-order valence-corrected chi connectivity index (χ4v) is 5.46. The van der Waals surface area contributed by atoms with Crippen LogP contribution in [0.3, 0.4) is 0 Å². The van der Waals surface area contributed by atoms with Crippen LogP contribution in [-0.2, 0) is 11.3 Å². The Morgan fingerprint density at radius 2 is 2.03 bits per heavy atom. The Balaban J connectivity index is 1.72. The number of halogens is 1. The third kappa shape index (κ3) is 4.06. The molecule has 0 radical (unpaired) electrons. The number of nitrogens with zero attached hydrogens (tertiary/aromatic N) is 3. The second-order valence-electron chi connectivity index (χ2n) is 8.92. The molecule has 1 aromatic heterocycles. The number of rotatable bonds is 8. The maximum Gasteiger partial charge on any atom is 0.283 e. The number of amides is 1. The van der Waals surface area contributed by atoms with E-state index in [-0.39, 0.29) is 18.0 Å². The Labute approximate surface area is 181 Å². The smallest absolute Gasteiger partial charge is 0.283 e. The summed E-state index contributed by atoms with van der Waals surface area (Å²) in [7, 11) is 0. The van der Waals surface area contributed by atoms with Crippen LogP contribution in [0.2, 0.25) is 0 Å². The van der Waals surface area contributed by atoms with E-state index in [9.17, 15) is 9.59 Å². The van der Waals surface area contributed by atoms with Crippen molar-refractivity contribution in [1.82, 2.24) is 14.7 Å². The molecule has 7 heteroatoms. The summed E-state index contributed by atoms with van der Waals surface area (Å²) in [5.41, 5.74) is 0.803. The van der Waals surface area contributed by atoms with Crippen molar-refractivity contribution in [3.8, 4) is 0 Å². The summed E-state index contributed by atoms with van der Waals surface area (Å²) < 4.78 is 1.62. The number of hydrogen-bond donors (Lipinski definition) is 1. The molecule has 0 spiro atoms. The minimum Gasteiger partial charge on any atom is -0.380 e. The monoisotopic (exact) mass is 462 g/mol. The number of nitrogens with one attached hydrogen (secondary N) is 1. The molecule has 3 saturated carbocycles. The number of carbonyl (C=O) groups excluding carboxylic acids is 1. The SMILES string of the molecule is C=CCN(CC=C)C(=O)Cn1ncc(N[C@@H]2C[C@@H]3C[C@H]([C@H]2C)C3(C)C)c(Br)c1=O. The van der Waals surface area contributed by atoms with E-state index in [0.29, 0.717) is 46.5 Å². The molecule has 0 unspecified atom stereocenters. The van der Waals surface area contributed by atoms with Gasteiger partial charge in [-0.25, -0.2) is 4.68 Å². The summed E-state index contributed by atoms with van der Waals surface area (Å²) in [4.78, 5) is 26.8. The van der Waals surface area contributed by atoms with Gasteiger partial charge < -0.3 is 10.2 Å². The van der Waals surface area contributed by atoms with Crippen molar-refractivity contribution in [2.45, 2.75) is 46.2 Å². The summed E-state index contributed by atoms with van der Waals surface area (Å²) in [6, 6.07) is 0.331. The van der Waals surface area contributed by atoms with Crippen LogP contribution < -0.4 is 10.9 Å². The van der Waals surface area contributed by atoms with E-state index >= 15 is 0 Å². The van der Waals surface area contributed by atoms with Crippen LogP contribution in [0.5, 0.6) is 0 Å². The first-order valence-corrected chi connectivity index (χ1v) is 11.0. The van der Waals surface area contributed by atoms with Gasteiger partial charge in [-0.1, -0.05) is 32.9 Å². The standard InChI is InChI=1S/C22H31BrN4O2/c1-6-8-26(9-7-2)19(28)13-27-21(29)20(23)18(12-24-27)25-17-11-15-10-16(14(17)3)22(15,4)5/h6-7,12,14-17,25H,1-2,8-11,13H2,3-5H3/t14-,15+,16-,17-/m1/s1. The van der Waals surface area contributed by atoms with E-state index in [1.54, 1.807) is 23.2 Å². The van der Waals surface area contributed by atoms with Crippen molar-refractivity contribution in [3.05, 3.63) is 46.3 Å². The zero-order valence-electron chi connectivity index (χ0n) is 17.5. The summed E-state index contributed by atoms with van der Waals surface area (Å²) >= 11 is 3.42. The molecule has 2 bridgehead atoms. The van der Waals surface area contributed by atoms with Gasteiger partial charge in [-0.2, -0.15) is 5.10 Å². The molecular formula is C22H31BrN4O2. The maximum atomic E-state index is 12.8. The van der Waals surface area contributed by atoms with Crippen molar-refractivity contribution in [2.24, 2.45) is 23.2 Å². The van der Waals surface area contributed by atoms with Crippen LogP contribution in [0, 0.1) is 23.2 Å². The predicted octanol–water partition coefficient (Wildman–Crippen LogP) is 3.69. The topological polar surface area (TPSA) is 67.2 Å². The number of aromatic nitrogens is 2. The predicted molar refractivity (Wildman–Crippen MR) is 120 cm³/mol. The molecule has 1 N–H and O–H groups in total. The van der Waals surface area contributed by atoms with Crippen LogP contribution in [0.15, 0.2) is 40.8 Å². The number of hydrogen-bond acceptors (Lipinski definition) is 4. The first-order chi connectivity index (χ1) is 13.7. The molecule has 0 aliphatic heterocycles. The Morgan fingerprint density at radius 3 is 2.59 bits per heavy atom. The first-order valence-electron chi connectivity index (χ1n) is 10.2. The first kappa shape index (κ1) is 21.8. The quantitative estimate of drug-likeness (QED) is 0.598. The van der Waals surface area contributed by atoms with Crippen LogP contribution in [0.1, 0.15) is 33.6 Å². The van der Waals surface area contributed by atoms with Crippen molar-refractivity contribution < 1.29 is 4.79 Å². The molecule has 158 valence electrons. The van der Waals surface area contributed by atoms with Gasteiger partial charge in [0.25, 0.3) is 5.56 Å².